The highest BCUT2D eigenvalue weighted by Crippen LogP contribution is 2.28. The molecule has 1 aromatic carbocycles. The Hall–Kier alpha value is -1.74. The smallest absolute Gasteiger partial charge is 0.115 e. The van der Waals surface area contributed by atoms with Crippen LogP contribution in [0.1, 0.15) is 18.1 Å². The molecule has 2 rings (SSSR count). The van der Waals surface area contributed by atoms with Crippen LogP contribution in [0.5, 0.6) is 0 Å². The van der Waals surface area contributed by atoms with E-state index < -0.39 is 5.60 Å². The van der Waals surface area contributed by atoms with E-state index in [2.05, 4.69) is 5.18 Å². The average Bonchev–Trinajstić information content (AvgIpc) is 2.36. The maximum absolute atomic E-state index is 10.7. The summed E-state index contributed by atoms with van der Waals surface area (Å²) in [5.41, 5.74) is 0.797. The second-order valence-corrected chi connectivity index (χ2v) is 3.77. The van der Waals surface area contributed by atoms with Crippen molar-refractivity contribution in [1.29, 1.82) is 0 Å². The van der Waals surface area contributed by atoms with Gasteiger partial charge in [0.15, 0.2) is 0 Å². The molecule has 1 atom stereocenters. The molecular formula is C12H11NO2. The zero-order valence-electron chi connectivity index (χ0n) is 8.34. The molecule has 0 saturated carbocycles. The van der Waals surface area contributed by atoms with Gasteiger partial charge in [-0.25, -0.2) is 0 Å². The fraction of sp³-hybridized carbons (Fsp3) is 0.167. The van der Waals surface area contributed by atoms with Crippen molar-refractivity contribution in [3.05, 3.63) is 52.5 Å². The molecule has 0 radical (unpaired) electrons. The van der Waals surface area contributed by atoms with Gasteiger partial charge in [0.2, 0.25) is 0 Å². The van der Waals surface area contributed by atoms with Gasteiger partial charge in [-0.05, 0) is 29.8 Å². The normalized spacial score (nSPS) is 24.0. The van der Waals surface area contributed by atoms with Gasteiger partial charge in [0.25, 0.3) is 0 Å². The zero-order chi connectivity index (χ0) is 10.9. The quantitative estimate of drug-likeness (QED) is 0.710. The Morgan fingerprint density at radius 2 is 2.07 bits per heavy atom. The Labute approximate surface area is 87.7 Å². The van der Waals surface area contributed by atoms with E-state index in [9.17, 15) is 10.0 Å². The number of nitroso groups, excluding NO2 is 1. The number of aliphatic hydroxyl groups is 1. The first-order valence-corrected chi connectivity index (χ1v) is 4.70. The summed E-state index contributed by atoms with van der Waals surface area (Å²) in [5, 5.41) is 12.8. The van der Waals surface area contributed by atoms with Crippen LogP contribution in [-0.4, -0.2) is 10.7 Å². The largest absolute Gasteiger partial charge is 0.382 e. The Morgan fingerprint density at radius 3 is 2.80 bits per heavy atom. The highest BCUT2D eigenvalue weighted by molar-refractivity contribution is 5.76. The molecule has 0 saturated heterocycles. The second kappa shape index (κ2) is 3.44. The van der Waals surface area contributed by atoms with Crippen LogP contribution in [-0.2, 0) is 0 Å². The van der Waals surface area contributed by atoms with Crippen LogP contribution in [0.25, 0.3) is 11.8 Å². The molecule has 3 nitrogen and oxygen atoms in total. The van der Waals surface area contributed by atoms with Crippen molar-refractivity contribution < 1.29 is 5.11 Å². The molecule has 0 aliphatic heterocycles. The summed E-state index contributed by atoms with van der Waals surface area (Å²) in [5.74, 6) is 0. The molecule has 1 aliphatic rings. The fourth-order valence-corrected chi connectivity index (χ4v) is 1.61. The lowest BCUT2D eigenvalue weighted by Crippen LogP contribution is -2.16. The van der Waals surface area contributed by atoms with Crippen molar-refractivity contribution >= 4 is 11.8 Å². The van der Waals surface area contributed by atoms with Gasteiger partial charge in [-0.3, -0.25) is 0 Å². The Kier molecular flexibility index (Phi) is 2.25. The van der Waals surface area contributed by atoms with Crippen LogP contribution in [0.2, 0.25) is 0 Å². The average molecular weight is 201 g/mol. The topological polar surface area (TPSA) is 49.7 Å². The van der Waals surface area contributed by atoms with Gasteiger partial charge in [-0.1, -0.05) is 30.3 Å². The lowest BCUT2D eigenvalue weighted by atomic mass is 10.0. The van der Waals surface area contributed by atoms with E-state index >= 15 is 0 Å². The van der Waals surface area contributed by atoms with Crippen molar-refractivity contribution in [3.63, 3.8) is 0 Å². The SMILES string of the molecule is CC1(O)C=Cc2ccccc2C(N=O)=C1. The van der Waals surface area contributed by atoms with E-state index in [0.29, 0.717) is 0 Å². The standard InChI is InChI=1S/C12H11NO2/c1-12(14)7-6-9-4-2-3-5-10(9)11(8-12)13-15/h2-8,14H,1H3. The van der Waals surface area contributed by atoms with E-state index in [1.807, 2.05) is 24.3 Å². The summed E-state index contributed by atoms with van der Waals surface area (Å²) < 4.78 is 0. The van der Waals surface area contributed by atoms with Crippen LogP contribution in [0.4, 0.5) is 0 Å². The van der Waals surface area contributed by atoms with Gasteiger partial charge < -0.3 is 5.11 Å². The second-order valence-electron chi connectivity index (χ2n) is 3.77. The number of nitrogens with zero attached hydrogens (tertiary/aromatic N) is 1. The Balaban J connectivity index is 2.66. The van der Waals surface area contributed by atoms with E-state index in [4.69, 9.17) is 0 Å². The number of benzene rings is 1. The summed E-state index contributed by atoms with van der Waals surface area (Å²) in [4.78, 5) is 10.7. The van der Waals surface area contributed by atoms with E-state index in [-0.39, 0.29) is 5.70 Å². The molecular weight excluding hydrogens is 190 g/mol. The van der Waals surface area contributed by atoms with Crippen molar-refractivity contribution in [2.75, 3.05) is 0 Å². The number of rotatable bonds is 1. The van der Waals surface area contributed by atoms with Crippen molar-refractivity contribution in [2.45, 2.75) is 12.5 Å². The third-order valence-electron chi connectivity index (χ3n) is 2.36. The molecule has 0 amide bonds. The minimum absolute atomic E-state index is 0.278. The van der Waals surface area contributed by atoms with Crippen LogP contribution < -0.4 is 0 Å². The predicted molar refractivity (Wildman–Crippen MR) is 59.9 cm³/mol. The van der Waals surface area contributed by atoms with Crippen LogP contribution >= 0.6 is 0 Å². The molecule has 0 bridgehead atoms. The summed E-state index contributed by atoms with van der Waals surface area (Å²) in [7, 11) is 0. The minimum Gasteiger partial charge on any atom is -0.382 e. The van der Waals surface area contributed by atoms with Crippen molar-refractivity contribution in [2.24, 2.45) is 5.18 Å². The maximum atomic E-state index is 10.7. The van der Waals surface area contributed by atoms with Crippen molar-refractivity contribution in [3.8, 4) is 0 Å². The summed E-state index contributed by atoms with van der Waals surface area (Å²) in [6.45, 7) is 1.61. The van der Waals surface area contributed by atoms with Crippen LogP contribution in [0.3, 0.4) is 0 Å². The number of hydrogen-bond acceptors (Lipinski definition) is 3. The summed E-state index contributed by atoms with van der Waals surface area (Å²) in [6.07, 6.45) is 4.90. The van der Waals surface area contributed by atoms with Gasteiger partial charge >= 0.3 is 0 Å². The minimum atomic E-state index is -1.12. The monoisotopic (exact) mass is 201 g/mol. The molecule has 1 aliphatic carbocycles. The lowest BCUT2D eigenvalue weighted by molar-refractivity contribution is 0.165. The first kappa shape index (κ1) is 9.80. The van der Waals surface area contributed by atoms with E-state index in [1.165, 1.54) is 6.08 Å². The highest BCUT2D eigenvalue weighted by atomic mass is 16.3. The molecule has 76 valence electrons. The molecule has 0 heterocycles. The highest BCUT2D eigenvalue weighted by Gasteiger charge is 2.19. The van der Waals surface area contributed by atoms with E-state index in [1.54, 1.807) is 19.1 Å². The van der Waals surface area contributed by atoms with Gasteiger partial charge in [0.1, 0.15) is 11.3 Å². The fourth-order valence-electron chi connectivity index (χ4n) is 1.61. The molecule has 0 fully saturated rings. The van der Waals surface area contributed by atoms with Gasteiger partial charge in [-0.15, -0.1) is 4.91 Å². The molecule has 3 heteroatoms. The maximum Gasteiger partial charge on any atom is 0.115 e. The molecule has 0 spiro atoms. The third-order valence-corrected chi connectivity index (χ3v) is 2.36. The summed E-state index contributed by atoms with van der Waals surface area (Å²) >= 11 is 0. The predicted octanol–water partition coefficient (Wildman–Crippen LogP) is 2.57. The van der Waals surface area contributed by atoms with Crippen LogP contribution in [0, 0.1) is 4.91 Å². The number of fused-ring (bicyclic) bond motifs is 1. The third kappa shape index (κ3) is 1.87. The molecule has 15 heavy (non-hydrogen) atoms. The first-order valence-electron chi connectivity index (χ1n) is 4.70. The molecule has 0 aromatic heterocycles. The number of hydrogen-bond donors (Lipinski definition) is 1. The Bertz CT molecular complexity index is 458. The van der Waals surface area contributed by atoms with Crippen molar-refractivity contribution in [1.82, 2.24) is 0 Å². The Morgan fingerprint density at radius 1 is 1.33 bits per heavy atom. The first-order chi connectivity index (χ1) is 7.12. The summed E-state index contributed by atoms with van der Waals surface area (Å²) in [6, 6.07) is 7.41. The van der Waals surface area contributed by atoms with Gasteiger partial charge in [-0.2, -0.15) is 0 Å². The molecule has 1 unspecified atom stereocenters. The lowest BCUT2D eigenvalue weighted by Gasteiger charge is -2.11. The molecule has 1 N–H and O–H groups in total. The zero-order valence-corrected chi connectivity index (χ0v) is 8.34. The van der Waals surface area contributed by atoms with Crippen LogP contribution in [0.15, 0.2) is 41.6 Å². The van der Waals surface area contributed by atoms with Gasteiger partial charge in [0, 0.05) is 5.56 Å². The van der Waals surface area contributed by atoms with Gasteiger partial charge in [0.05, 0.1) is 0 Å². The molecule has 1 aromatic rings. The van der Waals surface area contributed by atoms with E-state index in [0.717, 1.165) is 11.1 Å².